The molecular formula is C15H21NO2. The number of aryl methyl sites for hydroxylation is 2. The van der Waals surface area contributed by atoms with Gasteiger partial charge in [-0.05, 0) is 43.5 Å². The Kier molecular flexibility index (Phi) is 5.43. The fourth-order valence-corrected chi connectivity index (χ4v) is 1.77. The number of rotatable bonds is 5. The van der Waals surface area contributed by atoms with Gasteiger partial charge in [-0.3, -0.25) is 0 Å². The summed E-state index contributed by atoms with van der Waals surface area (Å²) in [6.07, 6.45) is 2.88. The van der Waals surface area contributed by atoms with Crippen molar-refractivity contribution in [1.29, 1.82) is 0 Å². The number of nitrogens with one attached hydrogen (secondary N) is 1. The molecule has 0 aliphatic rings. The normalized spacial score (nSPS) is 11.2. The van der Waals surface area contributed by atoms with Crippen molar-refractivity contribution in [2.24, 2.45) is 0 Å². The van der Waals surface area contributed by atoms with Crippen molar-refractivity contribution in [3.8, 4) is 0 Å². The quantitative estimate of drug-likeness (QED) is 0.642. The zero-order valence-corrected chi connectivity index (χ0v) is 11.5. The van der Waals surface area contributed by atoms with Gasteiger partial charge in [-0.25, -0.2) is 4.79 Å². The number of benzene rings is 1. The SMILES string of the molecule is CCc1ccc(NC/C=C(/C)C(=O)OC)cc1C. The van der Waals surface area contributed by atoms with Gasteiger partial charge in [-0.15, -0.1) is 0 Å². The van der Waals surface area contributed by atoms with Crippen LogP contribution in [0.2, 0.25) is 0 Å². The van der Waals surface area contributed by atoms with Crippen LogP contribution in [0.15, 0.2) is 29.8 Å². The van der Waals surface area contributed by atoms with Crippen molar-refractivity contribution in [2.45, 2.75) is 27.2 Å². The van der Waals surface area contributed by atoms with E-state index in [1.165, 1.54) is 18.2 Å². The molecule has 0 aliphatic carbocycles. The lowest BCUT2D eigenvalue weighted by Crippen LogP contribution is -2.05. The van der Waals surface area contributed by atoms with Crippen LogP contribution in [-0.2, 0) is 16.0 Å². The number of carbonyl (C=O) groups excluding carboxylic acids is 1. The van der Waals surface area contributed by atoms with Crippen molar-refractivity contribution in [3.63, 3.8) is 0 Å². The highest BCUT2D eigenvalue weighted by molar-refractivity contribution is 5.87. The molecular weight excluding hydrogens is 226 g/mol. The van der Waals surface area contributed by atoms with Crippen molar-refractivity contribution < 1.29 is 9.53 Å². The molecule has 1 rings (SSSR count). The van der Waals surface area contributed by atoms with Crippen LogP contribution in [0.1, 0.15) is 25.0 Å². The zero-order valence-electron chi connectivity index (χ0n) is 11.5. The summed E-state index contributed by atoms with van der Waals surface area (Å²) in [6.45, 7) is 6.63. The third-order valence-corrected chi connectivity index (χ3v) is 2.95. The molecule has 18 heavy (non-hydrogen) atoms. The van der Waals surface area contributed by atoms with Crippen molar-refractivity contribution in [2.75, 3.05) is 19.0 Å². The van der Waals surface area contributed by atoms with Gasteiger partial charge < -0.3 is 10.1 Å². The molecule has 0 radical (unpaired) electrons. The maximum absolute atomic E-state index is 11.2. The molecule has 3 heteroatoms. The molecule has 0 unspecified atom stereocenters. The topological polar surface area (TPSA) is 38.3 Å². The summed E-state index contributed by atoms with van der Waals surface area (Å²) in [5, 5.41) is 3.26. The Labute approximate surface area is 109 Å². The van der Waals surface area contributed by atoms with Gasteiger partial charge in [0.05, 0.1) is 7.11 Å². The Morgan fingerprint density at radius 3 is 2.72 bits per heavy atom. The molecule has 0 saturated carbocycles. The van der Waals surface area contributed by atoms with Crippen molar-refractivity contribution >= 4 is 11.7 Å². The molecule has 98 valence electrons. The Morgan fingerprint density at radius 2 is 2.17 bits per heavy atom. The van der Waals surface area contributed by atoms with Gasteiger partial charge in [0, 0.05) is 17.8 Å². The minimum atomic E-state index is -0.283. The first-order valence-corrected chi connectivity index (χ1v) is 6.17. The summed E-state index contributed by atoms with van der Waals surface area (Å²) < 4.78 is 4.63. The Hall–Kier alpha value is -1.77. The number of hydrogen-bond acceptors (Lipinski definition) is 3. The molecule has 3 nitrogen and oxygen atoms in total. The van der Waals surface area contributed by atoms with E-state index in [1.54, 1.807) is 6.92 Å². The number of carbonyl (C=O) groups is 1. The van der Waals surface area contributed by atoms with Crippen LogP contribution in [0, 0.1) is 6.92 Å². The van der Waals surface area contributed by atoms with Gasteiger partial charge in [0.25, 0.3) is 0 Å². The monoisotopic (exact) mass is 247 g/mol. The fraction of sp³-hybridized carbons (Fsp3) is 0.400. The van der Waals surface area contributed by atoms with E-state index in [4.69, 9.17) is 0 Å². The van der Waals surface area contributed by atoms with Crippen LogP contribution in [0.3, 0.4) is 0 Å². The van der Waals surface area contributed by atoms with E-state index in [2.05, 4.69) is 42.1 Å². The van der Waals surface area contributed by atoms with E-state index in [-0.39, 0.29) is 5.97 Å². The van der Waals surface area contributed by atoms with E-state index in [9.17, 15) is 4.79 Å². The highest BCUT2D eigenvalue weighted by atomic mass is 16.5. The average Bonchev–Trinajstić information content (AvgIpc) is 2.37. The predicted molar refractivity (Wildman–Crippen MR) is 74.8 cm³/mol. The molecule has 0 spiro atoms. The first kappa shape index (κ1) is 14.3. The Bertz CT molecular complexity index is 450. The molecule has 0 atom stereocenters. The number of anilines is 1. The Morgan fingerprint density at radius 1 is 1.44 bits per heavy atom. The molecule has 0 bridgehead atoms. The second-order valence-corrected chi connectivity index (χ2v) is 4.25. The molecule has 0 amide bonds. The molecule has 0 saturated heterocycles. The molecule has 0 heterocycles. The first-order chi connectivity index (χ1) is 8.58. The van der Waals surface area contributed by atoms with E-state index >= 15 is 0 Å². The van der Waals surface area contributed by atoms with Crippen LogP contribution >= 0.6 is 0 Å². The van der Waals surface area contributed by atoms with Gasteiger partial charge in [0.1, 0.15) is 0 Å². The van der Waals surface area contributed by atoms with Crippen molar-refractivity contribution in [3.05, 3.63) is 41.0 Å². The van der Waals surface area contributed by atoms with E-state index in [0.717, 1.165) is 12.1 Å². The number of ether oxygens (including phenoxy) is 1. The fourth-order valence-electron chi connectivity index (χ4n) is 1.77. The van der Waals surface area contributed by atoms with Crippen LogP contribution in [0.4, 0.5) is 5.69 Å². The lowest BCUT2D eigenvalue weighted by atomic mass is 10.1. The lowest BCUT2D eigenvalue weighted by molar-refractivity contribution is -0.136. The molecule has 1 N–H and O–H groups in total. The number of esters is 1. The minimum Gasteiger partial charge on any atom is -0.466 e. The molecule has 1 aromatic rings. The van der Waals surface area contributed by atoms with Gasteiger partial charge in [-0.2, -0.15) is 0 Å². The highest BCUT2D eigenvalue weighted by Gasteiger charge is 2.02. The molecule has 0 aliphatic heterocycles. The maximum atomic E-state index is 11.2. The molecule has 1 aromatic carbocycles. The third-order valence-electron chi connectivity index (χ3n) is 2.95. The summed E-state index contributed by atoms with van der Waals surface area (Å²) in [6, 6.07) is 6.32. The summed E-state index contributed by atoms with van der Waals surface area (Å²) in [5.74, 6) is -0.283. The Balaban J connectivity index is 2.59. The van der Waals surface area contributed by atoms with Gasteiger partial charge in [0.15, 0.2) is 0 Å². The lowest BCUT2D eigenvalue weighted by Gasteiger charge is -2.08. The van der Waals surface area contributed by atoms with Crippen LogP contribution in [0.5, 0.6) is 0 Å². The van der Waals surface area contributed by atoms with Crippen LogP contribution in [0.25, 0.3) is 0 Å². The zero-order chi connectivity index (χ0) is 13.5. The van der Waals surface area contributed by atoms with Crippen LogP contribution < -0.4 is 5.32 Å². The summed E-state index contributed by atoms with van der Waals surface area (Å²) in [5.41, 5.74) is 4.34. The number of methoxy groups -OCH3 is 1. The van der Waals surface area contributed by atoms with E-state index in [1.807, 2.05) is 6.08 Å². The molecule has 0 aromatic heterocycles. The van der Waals surface area contributed by atoms with E-state index < -0.39 is 0 Å². The minimum absolute atomic E-state index is 0.283. The van der Waals surface area contributed by atoms with Crippen molar-refractivity contribution in [1.82, 2.24) is 0 Å². The summed E-state index contributed by atoms with van der Waals surface area (Å²) in [7, 11) is 1.39. The van der Waals surface area contributed by atoms with Crippen LogP contribution in [-0.4, -0.2) is 19.6 Å². The summed E-state index contributed by atoms with van der Waals surface area (Å²) in [4.78, 5) is 11.2. The summed E-state index contributed by atoms with van der Waals surface area (Å²) >= 11 is 0. The van der Waals surface area contributed by atoms with Gasteiger partial charge in [0.2, 0.25) is 0 Å². The first-order valence-electron chi connectivity index (χ1n) is 6.17. The number of hydrogen-bond donors (Lipinski definition) is 1. The standard InChI is InChI=1S/C15H21NO2/c1-5-13-6-7-14(10-12(13)3)16-9-8-11(2)15(17)18-4/h6-8,10,16H,5,9H2,1-4H3/b11-8-. The average molecular weight is 247 g/mol. The smallest absolute Gasteiger partial charge is 0.333 e. The molecule has 0 fully saturated rings. The second-order valence-electron chi connectivity index (χ2n) is 4.25. The van der Waals surface area contributed by atoms with Gasteiger partial charge >= 0.3 is 5.97 Å². The second kappa shape index (κ2) is 6.84. The third kappa shape index (κ3) is 3.91. The van der Waals surface area contributed by atoms with Gasteiger partial charge in [-0.1, -0.05) is 19.1 Å². The maximum Gasteiger partial charge on any atom is 0.333 e. The highest BCUT2D eigenvalue weighted by Crippen LogP contribution is 2.15. The predicted octanol–water partition coefficient (Wildman–Crippen LogP) is 3.09. The largest absolute Gasteiger partial charge is 0.466 e. The van der Waals surface area contributed by atoms with E-state index in [0.29, 0.717) is 12.1 Å².